The van der Waals surface area contributed by atoms with Gasteiger partial charge in [0.15, 0.2) is 5.96 Å². The largest absolute Gasteiger partial charge is 0.354 e. The summed E-state index contributed by atoms with van der Waals surface area (Å²) in [6.07, 6.45) is 0. The number of anilines is 1. The Bertz CT molecular complexity index is 416. The average Bonchev–Trinajstić information content (AvgIpc) is 2.71. The first-order valence-corrected chi connectivity index (χ1v) is 4.55. The van der Waals surface area contributed by atoms with E-state index in [0.717, 1.165) is 13.1 Å². The molecular formula is C9H10N4O2. The first kappa shape index (κ1) is 9.45. The molecule has 1 aliphatic rings. The highest BCUT2D eigenvalue weighted by Gasteiger charge is 2.08. The lowest BCUT2D eigenvalue weighted by Gasteiger charge is -2.05. The van der Waals surface area contributed by atoms with Crippen LogP contribution in [0.4, 0.5) is 11.4 Å². The van der Waals surface area contributed by atoms with Gasteiger partial charge >= 0.3 is 0 Å². The van der Waals surface area contributed by atoms with Crippen molar-refractivity contribution in [1.29, 1.82) is 0 Å². The molecule has 1 aromatic rings. The highest BCUT2D eigenvalue weighted by Crippen LogP contribution is 2.16. The van der Waals surface area contributed by atoms with Crippen LogP contribution in [0.5, 0.6) is 0 Å². The third kappa shape index (κ3) is 2.22. The fraction of sp³-hybridized carbons (Fsp3) is 0.222. The Balaban J connectivity index is 2.14. The first-order valence-electron chi connectivity index (χ1n) is 4.55. The lowest BCUT2D eigenvalue weighted by atomic mass is 10.3. The van der Waals surface area contributed by atoms with Crippen molar-refractivity contribution >= 4 is 17.3 Å². The Morgan fingerprint density at radius 2 is 2.40 bits per heavy atom. The first-order chi connectivity index (χ1) is 7.25. The minimum atomic E-state index is -0.422. The summed E-state index contributed by atoms with van der Waals surface area (Å²) in [5, 5.41) is 16.5. The summed E-state index contributed by atoms with van der Waals surface area (Å²) < 4.78 is 0. The minimum Gasteiger partial charge on any atom is -0.354 e. The van der Waals surface area contributed by atoms with Crippen LogP contribution in [-0.4, -0.2) is 24.0 Å². The van der Waals surface area contributed by atoms with Crippen molar-refractivity contribution < 1.29 is 4.92 Å². The van der Waals surface area contributed by atoms with Gasteiger partial charge in [0.25, 0.3) is 5.69 Å². The van der Waals surface area contributed by atoms with Gasteiger partial charge in [0, 0.05) is 24.4 Å². The second-order valence-corrected chi connectivity index (χ2v) is 3.09. The summed E-state index contributed by atoms with van der Waals surface area (Å²) in [5.74, 6) is 0.662. The number of nitrogens with one attached hydrogen (secondary N) is 2. The second-order valence-electron chi connectivity index (χ2n) is 3.09. The van der Waals surface area contributed by atoms with Crippen molar-refractivity contribution in [2.45, 2.75) is 0 Å². The fourth-order valence-corrected chi connectivity index (χ4v) is 1.32. The summed E-state index contributed by atoms with van der Waals surface area (Å²) in [6.45, 7) is 1.54. The van der Waals surface area contributed by atoms with E-state index in [1.54, 1.807) is 12.1 Å². The van der Waals surface area contributed by atoms with E-state index in [2.05, 4.69) is 15.6 Å². The minimum absolute atomic E-state index is 0.0681. The van der Waals surface area contributed by atoms with Crippen LogP contribution < -0.4 is 10.6 Å². The molecule has 0 saturated heterocycles. The molecule has 0 aliphatic carbocycles. The van der Waals surface area contributed by atoms with E-state index in [1.807, 2.05) is 0 Å². The summed E-state index contributed by atoms with van der Waals surface area (Å²) in [7, 11) is 0. The van der Waals surface area contributed by atoms with Gasteiger partial charge in [0.2, 0.25) is 0 Å². The zero-order valence-corrected chi connectivity index (χ0v) is 7.93. The predicted molar refractivity (Wildman–Crippen MR) is 57.0 cm³/mol. The third-order valence-electron chi connectivity index (χ3n) is 1.99. The monoisotopic (exact) mass is 206 g/mol. The van der Waals surface area contributed by atoms with Gasteiger partial charge in [-0.2, -0.15) is 0 Å². The van der Waals surface area contributed by atoms with Crippen LogP contribution in [0.3, 0.4) is 0 Å². The zero-order valence-electron chi connectivity index (χ0n) is 7.93. The van der Waals surface area contributed by atoms with Gasteiger partial charge in [0.1, 0.15) is 0 Å². The fourth-order valence-electron chi connectivity index (χ4n) is 1.32. The van der Waals surface area contributed by atoms with Crippen LogP contribution in [0.15, 0.2) is 29.3 Å². The quantitative estimate of drug-likeness (QED) is 0.558. The van der Waals surface area contributed by atoms with E-state index in [4.69, 9.17) is 0 Å². The molecule has 0 fully saturated rings. The Morgan fingerprint density at radius 1 is 1.53 bits per heavy atom. The molecule has 0 aromatic heterocycles. The van der Waals surface area contributed by atoms with E-state index in [-0.39, 0.29) is 5.69 Å². The lowest BCUT2D eigenvalue weighted by molar-refractivity contribution is -0.384. The Morgan fingerprint density at radius 3 is 3.07 bits per heavy atom. The van der Waals surface area contributed by atoms with E-state index in [0.29, 0.717) is 11.6 Å². The highest BCUT2D eigenvalue weighted by molar-refractivity contribution is 5.94. The van der Waals surface area contributed by atoms with Crippen LogP contribution in [-0.2, 0) is 0 Å². The van der Waals surface area contributed by atoms with Gasteiger partial charge in [0.05, 0.1) is 11.5 Å². The Hall–Kier alpha value is -2.11. The Labute approximate surface area is 86.2 Å². The molecule has 0 saturated carbocycles. The number of hydrogen-bond acceptors (Lipinski definition) is 5. The number of hydrogen-bond donors (Lipinski definition) is 2. The van der Waals surface area contributed by atoms with Gasteiger partial charge in [-0.3, -0.25) is 15.1 Å². The number of aliphatic imine (C=N–C) groups is 1. The zero-order chi connectivity index (χ0) is 10.7. The van der Waals surface area contributed by atoms with Crippen molar-refractivity contribution in [3.05, 3.63) is 34.4 Å². The predicted octanol–water partition coefficient (Wildman–Crippen LogP) is 0.966. The molecular weight excluding hydrogens is 196 g/mol. The smallest absolute Gasteiger partial charge is 0.271 e. The molecule has 1 heterocycles. The van der Waals surface area contributed by atoms with Gasteiger partial charge in [-0.05, 0) is 6.07 Å². The van der Waals surface area contributed by atoms with Gasteiger partial charge in [-0.1, -0.05) is 6.07 Å². The number of benzene rings is 1. The summed E-state index contributed by atoms with van der Waals surface area (Å²) in [6, 6.07) is 6.32. The summed E-state index contributed by atoms with van der Waals surface area (Å²) >= 11 is 0. The molecule has 0 spiro atoms. The molecule has 6 heteroatoms. The third-order valence-corrected chi connectivity index (χ3v) is 1.99. The molecule has 6 nitrogen and oxygen atoms in total. The average molecular weight is 206 g/mol. The number of nitrogens with zero attached hydrogens (tertiary/aromatic N) is 2. The van der Waals surface area contributed by atoms with Crippen LogP contribution in [0.1, 0.15) is 0 Å². The molecule has 0 radical (unpaired) electrons. The molecule has 0 bridgehead atoms. The van der Waals surface area contributed by atoms with Crippen LogP contribution in [0.25, 0.3) is 0 Å². The highest BCUT2D eigenvalue weighted by atomic mass is 16.6. The molecule has 2 N–H and O–H groups in total. The number of rotatable bonds is 2. The number of nitro benzene ring substituents is 1. The van der Waals surface area contributed by atoms with Crippen molar-refractivity contribution in [2.75, 3.05) is 18.4 Å². The molecule has 0 atom stereocenters. The maximum atomic E-state index is 10.5. The van der Waals surface area contributed by atoms with Crippen molar-refractivity contribution in [2.24, 2.45) is 4.99 Å². The molecule has 0 unspecified atom stereocenters. The number of non-ortho nitro benzene ring substituents is 1. The Kier molecular flexibility index (Phi) is 2.49. The van der Waals surface area contributed by atoms with Gasteiger partial charge in [-0.25, -0.2) is 0 Å². The summed E-state index contributed by atoms with van der Waals surface area (Å²) in [5.41, 5.74) is 0.732. The van der Waals surface area contributed by atoms with Gasteiger partial charge < -0.3 is 10.6 Å². The van der Waals surface area contributed by atoms with Crippen molar-refractivity contribution in [1.82, 2.24) is 5.32 Å². The van der Waals surface area contributed by atoms with E-state index in [9.17, 15) is 10.1 Å². The van der Waals surface area contributed by atoms with E-state index >= 15 is 0 Å². The normalized spacial score (nSPS) is 14.3. The van der Waals surface area contributed by atoms with Crippen LogP contribution >= 0.6 is 0 Å². The maximum Gasteiger partial charge on any atom is 0.271 e. The molecule has 0 amide bonds. The summed E-state index contributed by atoms with van der Waals surface area (Å²) in [4.78, 5) is 14.2. The molecule has 2 rings (SSSR count). The number of nitro groups is 1. The van der Waals surface area contributed by atoms with E-state index in [1.165, 1.54) is 12.1 Å². The lowest BCUT2D eigenvalue weighted by Crippen LogP contribution is -2.26. The van der Waals surface area contributed by atoms with Crippen molar-refractivity contribution in [3.63, 3.8) is 0 Å². The van der Waals surface area contributed by atoms with E-state index < -0.39 is 4.92 Å². The molecule has 15 heavy (non-hydrogen) atoms. The SMILES string of the molecule is O=[N+]([O-])c1cccc(NC2=NCCN2)c1. The topological polar surface area (TPSA) is 79.6 Å². The standard InChI is InChI=1S/C9H10N4O2/c14-13(15)8-3-1-2-7(6-8)12-9-10-4-5-11-9/h1-3,6H,4-5H2,(H2,10,11,12). The van der Waals surface area contributed by atoms with Crippen LogP contribution in [0, 0.1) is 10.1 Å². The van der Waals surface area contributed by atoms with Gasteiger partial charge in [-0.15, -0.1) is 0 Å². The molecule has 1 aliphatic heterocycles. The number of guanidine groups is 1. The van der Waals surface area contributed by atoms with Crippen LogP contribution in [0.2, 0.25) is 0 Å². The second kappa shape index (κ2) is 3.95. The molecule has 1 aromatic carbocycles. The molecule has 78 valence electrons. The van der Waals surface area contributed by atoms with Crippen molar-refractivity contribution in [3.8, 4) is 0 Å². The maximum absolute atomic E-state index is 10.5.